The van der Waals surface area contributed by atoms with Gasteiger partial charge in [0.15, 0.2) is 5.69 Å². The summed E-state index contributed by atoms with van der Waals surface area (Å²) < 4.78 is 73.2. The van der Waals surface area contributed by atoms with Gasteiger partial charge in [0.05, 0.1) is 22.9 Å². The SMILES string of the molecule is CCOC(=O)/C=C/c1cc(-n2nc(C(F)(F)F)cc2-c2ccc(C)cc2)ccc1S(=O)(=O)N(C)C. The van der Waals surface area contributed by atoms with Gasteiger partial charge in [0.2, 0.25) is 10.0 Å². The Labute approximate surface area is 201 Å². The van der Waals surface area contributed by atoms with Crippen LogP contribution >= 0.6 is 0 Å². The molecule has 0 atom stereocenters. The van der Waals surface area contributed by atoms with Crippen LogP contribution in [0.5, 0.6) is 0 Å². The zero-order valence-electron chi connectivity index (χ0n) is 19.5. The van der Waals surface area contributed by atoms with Crippen LogP contribution in [0.4, 0.5) is 13.2 Å². The van der Waals surface area contributed by atoms with Gasteiger partial charge in [-0.15, -0.1) is 0 Å². The molecule has 0 radical (unpaired) electrons. The Balaban J connectivity index is 2.24. The largest absolute Gasteiger partial charge is 0.463 e. The number of sulfonamides is 1. The predicted molar refractivity (Wildman–Crippen MR) is 125 cm³/mol. The van der Waals surface area contributed by atoms with Gasteiger partial charge < -0.3 is 4.74 Å². The Bertz CT molecular complexity index is 1360. The third kappa shape index (κ3) is 5.80. The highest BCUT2D eigenvalue weighted by Gasteiger charge is 2.35. The van der Waals surface area contributed by atoms with E-state index in [9.17, 15) is 26.4 Å². The van der Waals surface area contributed by atoms with Crippen LogP contribution < -0.4 is 0 Å². The monoisotopic (exact) mass is 507 g/mol. The minimum Gasteiger partial charge on any atom is -0.463 e. The van der Waals surface area contributed by atoms with E-state index in [1.165, 1.54) is 38.4 Å². The summed E-state index contributed by atoms with van der Waals surface area (Å²) in [5.41, 5.74) is 0.760. The van der Waals surface area contributed by atoms with E-state index < -0.39 is 27.9 Å². The zero-order valence-corrected chi connectivity index (χ0v) is 20.3. The average Bonchev–Trinajstić information content (AvgIpc) is 3.24. The molecule has 186 valence electrons. The van der Waals surface area contributed by atoms with Crippen molar-refractivity contribution in [3.8, 4) is 16.9 Å². The molecule has 3 aromatic rings. The second-order valence-electron chi connectivity index (χ2n) is 7.79. The Kier molecular flexibility index (Phi) is 7.51. The molecule has 2 aromatic carbocycles. The highest BCUT2D eigenvalue weighted by Crippen LogP contribution is 2.34. The maximum absolute atomic E-state index is 13.5. The third-order valence-electron chi connectivity index (χ3n) is 5.03. The van der Waals surface area contributed by atoms with Gasteiger partial charge in [0.25, 0.3) is 0 Å². The first-order chi connectivity index (χ1) is 16.3. The summed E-state index contributed by atoms with van der Waals surface area (Å²) in [6.07, 6.45) is -2.38. The van der Waals surface area contributed by atoms with Gasteiger partial charge in [-0.25, -0.2) is 22.2 Å². The standard InChI is InChI=1S/C24H24F3N3O4S/c1-5-34-23(31)13-10-18-14-19(11-12-21(18)35(32,33)29(3)4)30-20(15-22(28-30)24(25,26)27)17-8-6-16(2)7-9-17/h6-15H,5H2,1-4H3/b13-10+. The first-order valence-electron chi connectivity index (χ1n) is 10.5. The summed E-state index contributed by atoms with van der Waals surface area (Å²) in [5, 5.41) is 3.76. The number of rotatable bonds is 7. The lowest BCUT2D eigenvalue weighted by atomic mass is 10.1. The fraction of sp³-hybridized carbons (Fsp3) is 0.250. The Hall–Kier alpha value is -3.44. The number of alkyl halides is 3. The molecule has 0 aliphatic rings. The number of carbonyl (C=O) groups is 1. The number of hydrogen-bond acceptors (Lipinski definition) is 5. The summed E-state index contributed by atoms with van der Waals surface area (Å²) in [4.78, 5) is 11.7. The van der Waals surface area contributed by atoms with Crippen LogP contribution in [0, 0.1) is 6.92 Å². The zero-order chi connectivity index (χ0) is 26.0. The minimum absolute atomic E-state index is 0.0863. The number of halogens is 3. The molecule has 0 amide bonds. The lowest BCUT2D eigenvalue weighted by Gasteiger charge is -2.16. The van der Waals surface area contributed by atoms with Gasteiger partial charge in [-0.3, -0.25) is 0 Å². The predicted octanol–water partition coefficient (Wildman–Crippen LogP) is 4.69. The first kappa shape index (κ1) is 26.2. The van der Waals surface area contributed by atoms with E-state index in [0.29, 0.717) is 5.56 Å². The van der Waals surface area contributed by atoms with Gasteiger partial charge in [0.1, 0.15) is 0 Å². The Morgan fingerprint density at radius 2 is 1.77 bits per heavy atom. The first-order valence-corrected chi connectivity index (χ1v) is 11.9. The van der Waals surface area contributed by atoms with Crippen LogP contribution in [0.1, 0.15) is 23.7 Å². The fourth-order valence-electron chi connectivity index (χ4n) is 3.22. The lowest BCUT2D eigenvalue weighted by molar-refractivity contribution is -0.141. The maximum Gasteiger partial charge on any atom is 0.435 e. The maximum atomic E-state index is 13.5. The normalized spacial score (nSPS) is 12.5. The smallest absolute Gasteiger partial charge is 0.435 e. The van der Waals surface area contributed by atoms with Crippen molar-refractivity contribution in [1.29, 1.82) is 0 Å². The van der Waals surface area contributed by atoms with Crippen molar-refractivity contribution in [3.05, 3.63) is 71.4 Å². The number of ether oxygens (including phenoxy) is 1. The summed E-state index contributed by atoms with van der Waals surface area (Å²) in [5.74, 6) is -0.690. The van der Waals surface area contributed by atoms with Crippen molar-refractivity contribution < 1.29 is 31.1 Å². The van der Waals surface area contributed by atoms with Crippen LogP contribution in [-0.4, -0.2) is 49.2 Å². The number of carbonyl (C=O) groups excluding carboxylic acids is 1. The molecule has 1 heterocycles. The summed E-state index contributed by atoms with van der Waals surface area (Å²) >= 11 is 0. The van der Waals surface area contributed by atoms with Gasteiger partial charge >= 0.3 is 12.1 Å². The molecule has 0 spiro atoms. The van der Waals surface area contributed by atoms with E-state index in [-0.39, 0.29) is 28.4 Å². The quantitative estimate of drug-likeness (QED) is 0.342. The molecule has 7 nitrogen and oxygen atoms in total. The van der Waals surface area contributed by atoms with Crippen LogP contribution in [-0.2, 0) is 25.7 Å². The molecule has 0 saturated carbocycles. The molecular weight excluding hydrogens is 483 g/mol. The molecule has 11 heteroatoms. The van der Waals surface area contributed by atoms with Crippen LogP contribution in [0.3, 0.4) is 0 Å². The molecule has 0 bridgehead atoms. The van der Waals surface area contributed by atoms with Crippen LogP contribution in [0.25, 0.3) is 23.0 Å². The molecule has 0 N–H and O–H groups in total. The van der Waals surface area contributed by atoms with Gasteiger partial charge in [-0.2, -0.15) is 18.3 Å². The molecule has 0 aliphatic heterocycles. The number of nitrogens with zero attached hydrogens (tertiary/aromatic N) is 3. The molecule has 3 rings (SSSR count). The van der Waals surface area contributed by atoms with Gasteiger partial charge in [-0.05, 0) is 49.8 Å². The number of esters is 1. The van der Waals surface area contributed by atoms with E-state index in [4.69, 9.17) is 4.74 Å². The summed E-state index contributed by atoms with van der Waals surface area (Å²) in [6, 6.07) is 11.8. The van der Waals surface area contributed by atoms with E-state index >= 15 is 0 Å². The molecular formula is C24H24F3N3O4S. The third-order valence-corrected chi connectivity index (χ3v) is 6.92. The second kappa shape index (κ2) is 10.0. The minimum atomic E-state index is -4.69. The molecule has 35 heavy (non-hydrogen) atoms. The molecule has 0 unspecified atom stereocenters. The van der Waals surface area contributed by atoms with Crippen molar-refractivity contribution in [2.75, 3.05) is 20.7 Å². The van der Waals surface area contributed by atoms with Crippen LogP contribution in [0.2, 0.25) is 0 Å². The lowest BCUT2D eigenvalue weighted by Crippen LogP contribution is -2.23. The van der Waals surface area contributed by atoms with E-state index in [1.807, 2.05) is 6.92 Å². The van der Waals surface area contributed by atoms with Crippen molar-refractivity contribution in [1.82, 2.24) is 14.1 Å². The molecule has 1 aromatic heterocycles. The van der Waals surface area contributed by atoms with Crippen LogP contribution in [0.15, 0.2) is 59.5 Å². The van der Waals surface area contributed by atoms with E-state index in [2.05, 4.69) is 5.10 Å². The number of benzene rings is 2. The van der Waals surface area contributed by atoms with Crippen molar-refractivity contribution in [2.45, 2.75) is 24.9 Å². The Morgan fingerprint density at radius 3 is 2.34 bits per heavy atom. The van der Waals surface area contributed by atoms with E-state index in [1.54, 1.807) is 31.2 Å². The van der Waals surface area contributed by atoms with E-state index in [0.717, 1.165) is 26.7 Å². The average molecular weight is 508 g/mol. The number of aryl methyl sites for hydroxylation is 1. The second-order valence-corrected chi connectivity index (χ2v) is 9.91. The Morgan fingerprint density at radius 1 is 1.11 bits per heavy atom. The molecule has 0 saturated heterocycles. The van der Waals surface area contributed by atoms with Crippen molar-refractivity contribution >= 4 is 22.1 Å². The van der Waals surface area contributed by atoms with Gasteiger partial charge in [-0.1, -0.05) is 29.8 Å². The molecule has 0 fully saturated rings. The summed E-state index contributed by atoms with van der Waals surface area (Å²) in [7, 11) is -1.24. The highest BCUT2D eigenvalue weighted by atomic mass is 32.2. The molecule has 0 aliphatic carbocycles. The highest BCUT2D eigenvalue weighted by molar-refractivity contribution is 7.89. The number of aromatic nitrogens is 2. The van der Waals surface area contributed by atoms with Crippen molar-refractivity contribution in [3.63, 3.8) is 0 Å². The number of hydrogen-bond donors (Lipinski definition) is 0. The fourth-order valence-corrected chi connectivity index (χ4v) is 4.28. The van der Waals surface area contributed by atoms with Gasteiger partial charge in [0, 0.05) is 25.7 Å². The topological polar surface area (TPSA) is 81.5 Å². The summed E-state index contributed by atoms with van der Waals surface area (Å²) in [6.45, 7) is 3.60. The van der Waals surface area contributed by atoms with Crippen molar-refractivity contribution in [2.24, 2.45) is 0 Å².